The van der Waals surface area contributed by atoms with Gasteiger partial charge in [-0.1, -0.05) is 12.1 Å². The molecule has 1 heterocycles. The Balaban J connectivity index is 2.31. The van der Waals surface area contributed by atoms with E-state index in [2.05, 4.69) is 5.32 Å². The van der Waals surface area contributed by atoms with Gasteiger partial charge in [0, 0.05) is 13.2 Å². The van der Waals surface area contributed by atoms with Crippen LogP contribution in [0.4, 0.5) is 4.39 Å². The zero-order valence-corrected chi connectivity index (χ0v) is 11.0. The zero-order chi connectivity index (χ0) is 13.9. The Hall–Kier alpha value is -1.46. The summed E-state index contributed by atoms with van der Waals surface area (Å²) < 4.78 is 18.8. The lowest BCUT2D eigenvalue weighted by Gasteiger charge is -2.39. The first-order chi connectivity index (χ1) is 9.03. The fraction of sp³-hybridized carbons (Fsp3) is 0.500. The van der Waals surface area contributed by atoms with E-state index in [0.717, 1.165) is 5.56 Å². The standard InChI is InChI=1S/C14H19FN2O2/c1-10(16)13(18)17-14(5-7-19-8-6-14)11-3-2-4-12(15)9-11/h2-4,9-10H,5-8,16H2,1H3,(H,17,18)/t10-/m0/s1. The van der Waals surface area contributed by atoms with E-state index in [0.29, 0.717) is 26.1 Å². The van der Waals surface area contributed by atoms with Gasteiger partial charge >= 0.3 is 0 Å². The van der Waals surface area contributed by atoms with Crippen molar-refractivity contribution in [3.63, 3.8) is 0 Å². The number of hydrogen-bond acceptors (Lipinski definition) is 3. The van der Waals surface area contributed by atoms with Crippen molar-refractivity contribution >= 4 is 5.91 Å². The van der Waals surface area contributed by atoms with Gasteiger partial charge in [0.15, 0.2) is 0 Å². The molecule has 104 valence electrons. The number of benzene rings is 1. The number of hydrogen-bond donors (Lipinski definition) is 2. The Morgan fingerprint density at radius 2 is 2.16 bits per heavy atom. The van der Waals surface area contributed by atoms with Crippen molar-refractivity contribution in [2.24, 2.45) is 5.73 Å². The van der Waals surface area contributed by atoms with E-state index in [-0.39, 0.29) is 11.7 Å². The third-order valence-electron chi connectivity index (χ3n) is 3.50. The molecule has 0 unspecified atom stereocenters. The number of nitrogens with one attached hydrogen (secondary N) is 1. The zero-order valence-electron chi connectivity index (χ0n) is 11.0. The fourth-order valence-corrected chi connectivity index (χ4v) is 2.34. The Kier molecular flexibility index (Phi) is 4.17. The lowest BCUT2D eigenvalue weighted by atomic mass is 9.82. The Morgan fingerprint density at radius 1 is 1.47 bits per heavy atom. The van der Waals surface area contributed by atoms with Crippen LogP contribution in [-0.4, -0.2) is 25.2 Å². The first-order valence-electron chi connectivity index (χ1n) is 6.45. The molecule has 5 heteroatoms. The van der Waals surface area contributed by atoms with Crippen molar-refractivity contribution < 1.29 is 13.9 Å². The summed E-state index contributed by atoms with van der Waals surface area (Å²) in [4.78, 5) is 11.9. The number of ether oxygens (including phenoxy) is 1. The lowest BCUT2D eigenvalue weighted by Crippen LogP contribution is -2.53. The summed E-state index contributed by atoms with van der Waals surface area (Å²) in [5.74, 6) is -0.537. The van der Waals surface area contributed by atoms with Gasteiger partial charge < -0.3 is 15.8 Å². The molecule has 1 atom stereocenters. The van der Waals surface area contributed by atoms with Gasteiger partial charge in [0.25, 0.3) is 0 Å². The quantitative estimate of drug-likeness (QED) is 0.866. The molecule has 1 fully saturated rings. The number of carbonyl (C=O) groups excluding carboxylic acids is 1. The number of rotatable bonds is 3. The van der Waals surface area contributed by atoms with Crippen LogP contribution in [0.1, 0.15) is 25.3 Å². The van der Waals surface area contributed by atoms with Crippen LogP contribution in [0.3, 0.4) is 0 Å². The molecule has 3 N–H and O–H groups in total. The van der Waals surface area contributed by atoms with Gasteiger partial charge in [0.1, 0.15) is 5.82 Å². The van der Waals surface area contributed by atoms with Gasteiger partial charge in [0.05, 0.1) is 11.6 Å². The molecule has 1 aromatic carbocycles. The van der Waals surface area contributed by atoms with Gasteiger partial charge in [0.2, 0.25) is 5.91 Å². The third-order valence-corrected chi connectivity index (χ3v) is 3.50. The van der Waals surface area contributed by atoms with Crippen LogP contribution in [0.2, 0.25) is 0 Å². The molecule has 1 aliphatic heterocycles. The predicted molar refractivity (Wildman–Crippen MR) is 69.9 cm³/mol. The Bertz CT molecular complexity index is 457. The first-order valence-corrected chi connectivity index (χ1v) is 6.45. The normalized spacial score (nSPS) is 19.7. The fourth-order valence-electron chi connectivity index (χ4n) is 2.34. The van der Waals surface area contributed by atoms with Crippen molar-refractivity contribution in [3.05, 3.63) is 35.6 Å². The van der Waals surface area contributed by atoms with Crippen LogP contribution in [0, 0.1) is 5.82 Å². The molecule has 4 nitrogen and oxygen atoms in total. The topological polar surface area (TPSA) is 64.4 Å². The van der Waals surface area contributed by atoms with Gasteiger partial charge in [-0.2, -0.15) is 0 Å². The van der Waals surface area contributed by atoms with Gasteiger partial charge in [-0.25, -0.2) is 4.39 Å². The molecule has 1 aromatic rings. The van der Waals surface area contributed by atoms with Gasteiger partial charge in [-0.05, 0) is 37.5 Å². The summed E-state index contributed by atoms with van der Waals surface area (Å²) in [6.45, 7) is 2.71. The van der Waals surface area contributed by atoms with Crippen LogP contribution in [-0.2, 0) is 15.1 Å². The average molecular weight is 266 g/mol. The Morgan fingerprint density at radius 3 is 2.74 bits per heavy atom. The van der Waals surface area contributed by atoms with E-state index >= 15 is 0 Å². The highest BCUT2D eigenvalue weighted by Gasteiger charge is 2.36. The molecular formula is C14H19FN2O2. The number of halogens is 1. The minimum Gasteiger partial charge on any atom is -0.381 e. The van der Waals surface area contributed by atoms with E-state index in [1.807, 2.05) is 6.07 Å². The molecule has 1 aliphatic rings. The van der Waals surface area contributed by atoms with Crippen molar-refractivity contribution in [2.45, 2.75) is 31.3 Å². The maximum atomic E-state index is 13.4. The third kappa shape index (κ3) is 3.11. The maximum absolute atomic E-state index is 13.4. The molecule has 0 saturated carbocycles. The van der Waals surface area contributed by atoms with Crippen molar-refractivity contribution in [3.8, 4) is 0 Å². The number of carbonyl (C=O) groups is 1. The van der Waals surface area contributed by atoms with Crippen LogP contribution in [0.5, 0.6) is 0 Å². The van der Waals surface area contributed by atoms with E-state index in [1.54, 1.807) is 13.0 Å². The van der Waals surface area contributed by atoms with E-state index < -0.39 is 11.6 Å². The second kappa shape index (κ2) is 5.67. The second-order valence-electron chi connectivity index (χ2n) is 4.98. The van der Waals surface area contributed by atoms with E-state index in [1.165, 1.54) is 12.1 Å². The smallest absolute Gasteiger partial charge is 0.237 e. The minimum atomic E-state index is -0.590. The Labute approximate surface area is 112 Å². The summed E-state index contributed by atoms with van der Waals surface area (Å²) in [6.07, 6.45) is 1.24. The molecule has 0 aromatic heterocycles. The number of amides is 1. The molecular weight excluding hydrogens is 247 g/mol. The highest BCUT2D eigenvalue weighted by atomic mass is 19.1. The average Bonchev–Trinajstić information content (AvgIpc) is 2.39. The van der Waals surface area contributed by atoms with Crippen LogP contribution in [0.25, 0.3) is 0 Å². The highest BCUT2D eigenvalue weighted by Crippen LogP contribution is 2.32. The molecule has 0 bridgehead atoms. The van der Waals surface area contributed by atoms with Crippen LogP contribution < -0.4 is 11.1 Å². The van der Waals surface area contributed by atoms with Crippen molar-refractivity contribution in [1.29, 1.82) is 0 Å². The molecule has 2 rings (SSSR count). The van der Waals surface area contributed by atoms with Gasteiger partial charge in [-0.15, -0.1) is 0 Å². The minimum absolute atomic E-state index is 0.230. The van der Waals surface area contributed by atoms with Crippen LogP contribution >= 0.6 is 0 Å². The van der Waals surface area contributed by atoms with Gasteiger partial charge in [-0.3, -0.25) is 4.79 Å². The molecule has 1 saturated heterocycles. The second-order valence-corrected chi connectivity index (χ2v) is 4.98. The molecule has 0 spiro atoms. The highest BCUT2D eigenvalue weighted by molar-refractivity contribution is 5.82. The maximum Gasteiger partial charge on any atom is 0.237 e. The molecule has 1 amide bonds. The van der Waals surface area contributed by atoms with Crippen LogP contribution in [0.15, 0.2) is 24.3 Å². The summed E-state index contributed by atoms with van der Waals surface area (Å²) >= 11 is 0. The first kappa shape index (κ1) is 14.0. The lowest BCUT2D eigenvalue weighted by molar-refractivity contribution is -0.125. The monoisotopic (exact) mass is 266 g/mol. The largest absolute Gasteiger partial charge is 0.381 e. The predicted octanol–water partition coefficient (Wildman–Crippen LogP) is 1.29. The van der Waals surface area contributed by atoms with Crippen molar-refractivity contribution in [2.75, 3.05) is 13.2 Å². The van der Waals surface area contributed by atoms with E-state index in [4.69, 9.17) is 10.5 Å². The van der Waals surface area contributed by atoms with E-state index in [9.17, 15) is 9.18 Å². The van der Waals surface area contributed by atoms with Crippen molar-refractivity contribution in [1.82, 2.24) is 5.32 Å². The summed E-state index contributed by atoms with van der Waals surface area (Å²) in [5.41, 5.74) is 5.79. The summed E-state index contributed by atoms with van der Waals surface area (Å²) in [7, 11) is 0. The molecule has 0 aliphatic carbocycles. The molecule has 0 radical (unpaired) electrons. The summed E-state index contributed by atoms with van der Waals surface area (Å²) in [5, 5.41) is 2.96. The molecule has 19 heavy (non-hydrogen) atoms. The number of nitrogens with two attached hydrogens (primary N) is 1. The summed E-state index contributed by atoms with van der Waals surface area (Å²) in [6, 6.07) is 5.75. The SMILES string of the molecule is C[C@H](N)C(=O)NC1(c2cccc(F)c2)CCOCC1.